The maximum absolute atomic E-state index is 11.9. The number of hydrogen-bond acceptors (Lipinski definition) is 6. The average Bonchev–Trinajstić information content (AvgIpc) is 3.06. The Morgan fingerprint density at radius 1 is 1.21 bits per heavy atom. The molecule has 3 aliphatic rings. The zero-order chi connectivity index (χ0) is 16.1. The van der Waals surface area contributed by atoms with Crippen molar-refractivity contribution in [3.63, 3.8) is 0 Å². The van der Waals surface area contributed by atoms with Gasteiger partial charge in [0.25, 0.3) is 10.1 Å². The zero-order valence-electron chi connectivity index (χ0n) is 13.3. The predicted molar refractivity (Wildman–Crippen MR) is 92.0 cm³/mol. The molecule has 0 aromatic carbocycles. The SMILES string of the molecule is C.C.CCC(C)(C)C(=O)OCCOC1C2CC3C1OS(=O)(=O)C3C2. The number of ether oxygens (including phenoxy) is 2. The lowest BCUT2D eigenvalue weighted by Gasteiger charge is -2.25. The van der Waals surface area contributed by atoms with Crippen molar-refractivity contribution in [3.05, 3.63) is 0 Å². The Labute approximate surface area is 146 Å². The van der Waals surface area contributed by atoms with Gasteiger partial charge in [-0.1, -0.05) is 21.8 Å². The van der Waals surface area contributed by atoms with Crippen LogP contribution in [0.4, 0.5) is 0 Å². The summed E-state index contributed by atoms with van der Waals surface area (Å²) < 4.78 is 39.9. The Bertz CT molecular complexity index is 555. The molecular weight excluding hydrogens is 332 g/mol. The topological polar surface area (TPSA) is 78.9 Å². The van der Waals surface area contributed by atoms with Crippen LogP contribution in [0.25, 0.3) is 0 Å². The first kappa shape index (κ1) is 21.4. The minimum atomic E-state index is -3.40. The van der Waals surface area contributed by atoms with Crippen molar-refractivity contribution in [2.45, 2.75) is 72.3 Å². The summed E-state index contributed by atoms with van der Waals surface area (Å²) in [5.41, 5.74) is -0.484. The van der Waals surface area contributed by atoms with Gasteiger partial charge in [0.15, 0.2) is 0 Å². The molecule has 5 unspecified atom stereocenters. The Hall–Kier alpha value is -0.660. The molecule has 142 valence electrons. The molecule has 1 heterocycles. The van der Waals surface area contributed by atoms with E-state index in [0.717, 1.165) is 6.42 Å². The van der Waals surface area contributed by atoms with Gasteiger partial charge in [-0.3, -0.25) is 8.98 Å². The maximum atomic E-state index is 11.9. The fraction of sp³-hybridized carbons (Fsp3) is 0.941. The summed E-state index contributed by atoms with van der Waals surface area (Å²) in [4.78, 5) is 11.9. The van der Waals surface area contributed by atoms with E-state index in [1.807, 2.05) is 20.8 Å². The minimum absolute atomic E-state index is 0. The maximum Gasteiger partial charge on any atom is 0.311 e. The lowest BCUT2D eigenvalue weighted by molar-refractivity contribution is -0.157. The van der Waals surface area contributed by atoms with Gasteiger partial charge in [0.2, 0.25) is 0 Å². The summed E-state index contributed by atoms with van der Waals surface area (Å²) in [6.07, 6.45) is 1.69. The highest BCUT2D eigenvalue weighted by Gasteiger charge is 2.64. The minimum Gasteiger partial charge on any atom is -0.463 e. The van der Waals surface area contributed by atoms with E-state index in [0.29, 0.717) is 12.8 Å². The Morgan fingerprint density at radius 3 is 2.50 bits per heavy atom. The summed E-state index contributed by atoms with van der Waals surface area (Å²) in [5.74, 6) is 0.105. The van der Waals surface area contributed by atoms with Crippen LogP contribution in [0.1, 0.15) is 54.9 Å². The molecule has 0 aromatic rings. The van der Waals surface area contributed by atoms with Crippen molar-refractivity contribution < 1.29 is 26.9 Å². The summed E-state index contributed by atoms with van der Waals surface area (Å²) in [5, 5.41) is -0.328. The second-order valence-electron chi connectivity index (χ2n) is 7.20. The number of carbonyl (C=O) groups excluding carboxylic acids is 1. The molecule has 0 aromatic heterocycles. The molecule has 2 aliphatic carbocycles. The van der Waals surface area contributed by atoms with Crippen LogP contribution in [0.15, 0.2) is 0 Å². The molecule has 5 atom stereocenters. The number of fused-ring (bicyclic) bond motifs is 1. The van der Waals surface area contributed by atoms with Crippen LogP contribution < -0.4 is 0 Å². The van der Waals surface area contributed by atoms with Crippen LogP contribution in [0, 0.1) is 17.3 Å². The first-order valence-electron chi connectivity index (χ1n) is 7.97. The van der Waals surface area contributed by atoms with E-state index in [4.69, 9.17) is 13.7 Å². The second kappa shape index (κ2) is 7.30. The van der Waals surface area contributed by atoms with E-state index in [-0.39, 0.29) is 63.3 Å². The van der Waals surface area contributed by atoms with Gasteiger partial charge >= 0.3 is 5.97 Å². The molecule has 0 radical (unpaired) electrons. The van der Waals surface area contributed by atoms with Gasteiger partial charge < -0.3 is 9.47 Å². The van der Waals surface area contributed by atoms with Crippen molar-refractivity contribution in [2.24, 2.45) is 17.3 Å². The van der Waals surface area contributed by atoms with E-state index >= 15 is 0 Å². The van der Waals surface area contributed by atoms with Crippen LogP contribution in [0.3, 0.4) is 0 Å². The largest absolute Gasteiger partial charge is 0.463 e. The molecular formula is C17H32O6S. The highest BCUT2D eigenvalue weighted by atomic mass is 32.2. The highest BCUT2D eigenvalue weighted by molar-refractivity contribution is 7.87. The normalized spacial score (nSPS) is 35.2. The average molecular weight is 365 g/mol. The lowest BCUT2D eigenvalue weighted by atomic mass is 9.91. The molecule has 0 amide bonds. The van der Waals surface area contributed by atoms with Crippen LogP contribution in [0.2, 0.25) is 0 Å². The summed E-state index contributed by atoms with van der Waals surface area (Å²) in [7, 11) is -3.40. The molecule has 0 N–H and O–H groups in total. The van der Waals surface area contributed by atoms with Crippen molar-refractivity contribution in [3.8, 4) is 0 Å². The number of carbonyl (C=O) groups is 1. The monoisotopic (exact) mass is 364 g/mol. The first-order chi connectivity index (χ1) is 10.3. The molecule has 1 aliphatic heterocycles. The van der Waals surface area contributed by atoms with Gasteiger partial charge in [-0.05, 0) is 39.0 Å². The molecule has 2 bridgehead atoms. The van der Waals surface area contributed by atoms with Gasteiger partial charge in [0, 0.05) is 5.92 Å². The second-order valence-corrected chi connectivity index (χ2v) is 8.98. The third-order valence-electron chi connectivity index (χ3n) is 5.48. The molecule has 24 heavy (non-hydrogen) atoms. The smallest absolute Gasteiger partial charge is 0.311 e. The van der Waals surface area contributed by atoms with Crippen molar-refractivity contribution >= 4 is 16.1 Å². The van der Waals surface area contributed by atoms with Crippen molar-refractivity contribution in [1.82, 2.24) is 0 Å². The summed E-state index contributed by atoms with van der Waals surface area (Å²) >= 11 is 0. The first-order valence-corrected chi connectivity index (χ1v) is 9.44. The Morgan fingerprint density at radius 2 is 1.88 bits per heavy atom. The van der Waals surface area contributed by atoms with Crippen LogP contribution in [-0.2, 0) is 28.6 Å². The summed E-state index contributed by atoms with van der Waals surface area (Å²) in [6, 6.07) is 0. The van der Waals surface area contributed by atoms with E-state index in [9.17, 15) is 13.2 Å². The van der Waals surface area contributed by atoms with Crippen molar-refractivity contribution in [2.75, 3.05) is 13.2 Å². The number of rotatable bonds is 6. The van der Waals surface area contributed by atoms with Crippen LogP contribution in [-0.4, -0.2) is 45.1 Å². The van der Waals surface area contributed by atoms with Gasteiger partial charge in [-0.25, -0.2) is 0 Å². The van der Waals surface area contributed by atoms with E-state index in [1.165, 1.54) is 0 Å². The van der Waals surface area contributed by atoms with Gasteiger partial charge in [0.05, 0.1) is 23.4 Å². The lowest BCUT2D eigenvalue weighted by Crippen LogP contribution is -2.36. The highest BCUT2D eigenvalue weighted by Crippen LogP contribution is 2.55. The zero-order valence-corrected chi connectivity index (χ0v) is 14.1. The molecule has 1 saturated heterocycles. The van der Waals surface area contributed by atoms with Crippen LogP contribution in [0.5, 0.6) is 0 Å². The predicted octanol–water partition coefficient (Wildman–Crippen LogP) is 2.76. The Balaban J connectivity index is 0.00000144. The molecule has 2 saturated carbocycles. The molecule has 3 rings (SSSR count). The van der Waals surface area contributed by atoms with Gasteiger partial charge in [-0.15, -0.1) is 0 Å². The van der Waals surface area contributed by atoms with Crippen molar-refractivity contribution in [1.29, 1.82) is 0 Å². The van der Waals surface area contributed by atoms with Gasteiger partial charge in [0.1, 0.15) is 12.7 Å². The van der Waals surface area contributed by atoms with E-state index < -0.39 is 15.5 Å². The molecule has 0 spiro atoms. The molecule has 6 nitrogen and oxygen atoms in total. The molecule has 7 heteroatoms. The fourth-order valence-corrected chi connectivity index (χ4v) is 5.65. The molecule has 3 fully saturated rings. The van der Waals surface area contributed by atoms with Gasteiger partial charge in [-0.2, -0.15) is 8.42 Å². The number of esters is 1. The quantitative estimate of drug-likeness (QED) is 0.410. The summed E-state index contributed by atoms with van der Waals surface area (Å²) in [6.45, 7) is 6.12. The van der Waals surface area contributed by atoms with E-state index in [1.54, 1.807) is 0 Å². The van der Waals surface area contributed by atoms with Crippen LogP contribution >= 0.6 is 0 Å². The third kappa shape index (κ3) is 3.48. The number of hydrogen-bond donors (Lipinski definition) is 0. The van der Waals surface area contributed by atoms with E-state index in [2.05, 4.69) is 0 Å². The Kier molecular flexibility index (Phi) is 6.50. The standard InChI is InChI=1S/C15H24O6S.2CH4/c1-4-15(2,3)14(16)20-6-5-19-12-9-7-10-11(8-9)22(17,18)21-13(10)12;;/h9-13H,4-8H2,1-3H3;2*1H4. The fourth-order valence-electron chi connectivity index (χ4n) is 3.77. The third-order valence-corrected chi connectivity index (χ3v) is 7.25.